The largest absolute Gasteiger partial charge is 0.493 e. The van der Waals surface area contributed by atoms with Crippen LogP contribution in [0.2, 0.25) is 5.02 Å². The molecule has 0 atom stereocenters. The number of carbonyl (C=O) groups is 2. The number of ether oxygens (including phenoxy) is 3. The van der Waals surface area contributed by atoms with Crippen molar-refractivity contribution in [3.05, 3.63) is 53.1 Å². The van der Waals surface area contributed by atoms with Crippen LogP contribution in [0, 0.1) is 0 Å². The molecule has 1 N–H and O–H groups in total. The second-order valence-electron chi connectivity index (χ2n) is 6.11. The summed E-state index contributed by atoms with van der Waals surface area (Å²) in [5.41, 5.74) is 1.03. The van der Waals surface area contributed by atoms with E-state index in [4.69, 9.17) is 25.8 Å². The van der Waals surface area contributed by atoms with Gasteiger partial charge in [0.2, 0.25) is 0 Å². The van der Waals surface area contributed by atoms with Crippen LogP contribution >= 0.6 is 11.6 Å². The Kier molecular flexibility index (Phi) is 6.73. The number of hydrogen-bond donors (Lipinski definition) is 1. The summed E-state index contributed by atoms with van der Waals surface area (Å²) in [4.78, 5) is 26.3. The van der Waals surface area contributed by atoms with Crippen LogP contribution in [0.1, 0.15) is 10.4 Å². The van der Waals surface area contributed by atoms with Crippen LogP contribution in [0.15, 0.2) is 42.5 Å². The molecule has 1 aliphatic heterocycles. The molecule has 1 aliphatic rings. The fraction of sp³-hybridized carbons (Fsp3) is 0.300. The molecule has 8 heteroatoms. The highest BCUT2D eigenvalue weighted by atomic mass is 35.5. The monoisotopic (exact) mass is 404 g/mol. The normalized spacial score (nSPS) is 13.7. The summed E-state index contributed by atoms with van der Waals surface area (Å²) >= 11 is 5.85. The van der Waals surface area contributed by atoms with Crippen LogP contribution in [0.3, 0.4) is 0 Å². The summed E-state index contributed by atoms with van der Waals surface area (Å²) in [6, 6.07) is 11.6. The van der Waals surface area contributed by atoms with Crippen molar-refractivity contribution in [1.82, 2.24) is 4.90 Å². The number of nitrogens with one attached hydrogen (secondary N) is 1. The van der Waals surface area contributed by atoms with Crippen LogP contribution in [0.25, 0.3) is 0 Å². The SMILES string of the molecule is COc1cc(C(=O)Nc2ccc(Cl)cc2)ccc1OCC(=O)N1CCOCC1. The zero-order valence-corrected chi connectivity index (χ0v) is 16.2. The fourth-order valence-corrected chi connectivity index (χ4v) is 2.83. The third-order valence-electron chi connectivity index (χ3n) is 4.24. The summed E-state index contributed by atoms with van der Waals surface area (Å²) < 4.78 is 16.2. The minimum Gasteiger partial charge on any atom is -0.493 e. The Labute approximate surface area is 168 Å². The lowest BCUT2D eigenvalue weighted by Crippen LogP contribution is -2.43. The lowest BCUT2D eigenvalue weighted by molar-refractivity contribution is -0.137. The smallest absolute Gasteiger partial charge is 0.260 e. The van der Waals surface area contributed by atoms with Gasteiger partial charge in [0, 0.05) is 29.4 Å². The molecule has 2 aromatic carbocycles. The van der Waals surface area contributed by atoms with Gasteiger partial charge in [0.05, 0.1) is 20.3 Å². The predicted molar refractivity (Wildman–Crippen MR) is 105 cm³/mol. The standard InChI is InChI=1S/C20H21ClN2O5/c1-26-18-12-14(20(25)22-16-5-3-15(21)4-6-16)2-7-17(18)28-13-19(24)23-8-10-27-11-9-23/h2-7,12H,8-11,13H2,1H3,(H,22,25). The Morgan fingerprint density at radius 1 is 1.11 bits per heavy atom. The lowest BCUT2D eigenvalue weighted by Gasteiger charge is -2.26. The fourth-order valence-electron chi connectivity index (χ4n) is 2.71. The quantitative estimate of drug-likeness (QED) is 0.801. The Morgan fingerprint density at radius 3 is 2.50 bits per heavy atom. The molecule has 1 saturated heterocycles. The van der Waals surface area contributed by atoms with Crippen molar-refractivity contribution < 1.29 is 23.8 Å². The molecule has 2 amide bonds. The van der Waals surface area contributed by atoms with Crippen molar-refractivity contribution in [2.24, 2.45) is 0 Å². The number of methoxy groups -OCH3 is 1. The van der Waals surface area contributed by atoms with Crippen LogP contribution in [-0.4, -0.2) is 56.7 Å². The maximum Gasteiger partial charge on any atom is 0.260 e. The van der Waals surface area contributed by atoms with E-state index in [1.54, 1.807) is 47.4 Å². The third kappa shape index (κ3) is 5.15. The van der Waals surface area contributed by atoms with Gasteiger partial charge in [0.25, 0.3) is 11.8 Å². The molecule has 0 aromatic heterocycles. The minimum absolute atomic E-state index is 0.104. The molecule has 0 spiro atoms. The molecule has 1 fully saturated rings. The molecule has 28 heavy (non-hydrogen) atoms. The van der Waals surface area contributed by atoms with Gasteiger partial charge < -0.3 is 24.4 Å². The van der Waals surface area contributed by atoms with Crippen molar-refractivity contribution >= 4 is 29.1 Å². The number of halogens is 1. The molecule has 0 bridgehead atoms. The van der Waals surface area contributed by atoms with E-state index >= 15 is 0 Å². The number of morpholine rings is 1. The van der Waals surface area contributed by atoms with E-state index in [9.17, 15) is 9.59 Å². The maximum absolute atomic E-state index is 12.4. The van der Waals surface area contributed by atoms with Crippen molar-refractivity contribution in [3.8, 4) is 11.5 Å². The van der Waals surface area contributed by atoms with Crippen LogP contribution in [0.5, 0.6) is 11.5 Å². The van der Waals surface area contributed by atoms with Gasteiger partial charge in [0.1, 0.15) is 0 Å². The first-order chi connectivity index (χ1) is 13.6. The van der Waals surface area contributed by atoms with Crippen LogP contribution < -0.4 is 14.8 Å². The summed E-state index contributed by atoms with van der Waals surface area (Å²) in [5.74, 6) is 0.358. The highest BCUT2D eigenvalue weighted by molar-refractivity contribution is 6.30. The maximum atomic E-state index is 12.4. The second kappa shape index (κ2) is 9.43. The highest BCUT2D eigenvalue weighted by Gasteiger charge is 2.18. The van der Waals surface area contributed by atoms with E-state index in [2.05, 4.69) is 5.32 Å². The van der Waals surface area contributed by atoms with Crippen molar-refractivity contribution in [3.63, 3.8) is 0 Å². The van der Waals surface area contributed by atoms with Gasteiger partial charge in [-0.15, -0.1) is 0 Å². The molecule has 7 nitrogen and oxygen atoms in total. The molecule has 1 heterocycles. The van der Waals surface area contributed by atoms with E-state index in [-0.39, 0.29) is 18.4 Å². The van der Waals surface area contributed by atoms with E-state index in [1.165, 1.54) is 7.11 Å². The van der Waals surface area contributed by atoms with Crippen molar-refractivity contribution in [1.29, 1.82) is 0 Å². The molecule has 3 rings (SSSR count). The topological polar surface area (TPSA) is 77.1 Å². The Hall–Kier alpha value is -2.77. The second-order valence-corrected chi connectivity index (χ2v) is 6.54. The van der Waals surface area contributed by atoms with Gasteiger partial charge in [-0.1, -0.05) is 11.6 Å². The van der Waals surface area contributed by atoms with Gasteiger partial charge >= 0.3 is 0 Å². The molecular formula is C20H21ClN2O5. The third-order valence-corrected chi connectivity index (χ3v) is 4.49. The Morgan fingerprint density at radius 2 is 1.82 bits per heavy atom. The number of nitrogens with zero attached hydrogens (tertiary/aromatic N) is 1. The summed E-state index contributed by atoms with van der Waals surface area (Å²) in [6.45, 7) is 2.08. The first kappa shape index (κ1) is 20.0. The molecule has 0 unspecified atom stereocenters. The Bertz CT molecular complexity index is 835. The first-order valence-corrected chi connectivity index (χ1v) is 9.18. The van der Waals surface area contributed by atoms with E-state index in [0.717, 1.165) is 0 Å². The molecule has 0 saturated carbocycles. The molecule has 0 aliphatic carbocycles. The summed E-state index contributed by atoms with van der Waals surface area (Å²) in [7, 11) is 1.48. The number of benzene rings is 2. The average molecular weight is 405 g/mol. The molecular weight excluding hydrogens is 384 g/mol. The van der Waals surface area contributed by atoms with Crippen LogP contribution in [-0.2, 0) is 9.53 Å². The van der Waals surface area contributed by atoms with Gasteiger partial charge in [0.15, 0.2) is 18.1 Å². The molecule has 148 valence electrons. The number of carbonyl (C=O) groups excluding carboxylic acids is 2. The van der Waals surface area contributed by atoms with Gasteiger partial charge in [-0.2, -0.15) is 0 Å². The summed E-state index contributed by atoms with van der Waals surface area (Å²) in [6.07, 6.45) is 0. The van der Waals surface area contributed by atoms with Crippen molar-refractivity contribution in [2.75, 3.05) is 45.3 Å². The number of amides is 2. The van der Waals surface area contributed by atoms with E-state index in [1.807, 2.05) is 0 Å². The van der Waals surface area contributed by atoms with Gasteiger partial charge in [-0.25, -0.2) is 0 Å². The first-order valence-electron chi connectivity index (χ1n) is 8.80. The van der Waals surface area contributed by atoms with E-state index < -0.39 is 0 Å². The average Bonchev–Trinajstić information content (AvgIpc) is 2.74. The van der Waals surface area contributed by atoms with E-state index in [0.29, 0.717) is 54.1 Å². The van der Waals surface area contributed by atoms with Crippen LogP contribution in [0.4, 0.5) is 5.69 Å². The number of hydrogen-bond acceptors (Lipinski definition) is 5. The minimum atomic E-state index is -0.295. The molecule has 0 radical (unpaired) electrons. The van der Waals surface area contributed by atoms with Crippen molar-refractivity contribution in [2.45, 2.75) is 0 Å². The number of rotatable bonds is 6. The molecule has 2 aromatic rings. The Balaban J connectivity index is 1.63. The zero-order chi connectivity index (χ0) is 19.9. The zero-order valence-electron chi connectivity index (χ0n) is 15.4. The van der Waals surface area contributed by atoms with Gasteiger partial charge in [-0.3, -0.25) is 9.59 Å². The lowest BCUT2D eigenvalue weighted by atomic mass is 10.2. The number of anilines is 1. The van der Waals surface area contributed by atoms with Gasteiger partial charge in [-0.05, 0) is 42.5 Å². The predicted octanol–water partition coefficient (Wildman–Crippen LogP) is 2.84. The highest BCUT2D eigenvalue weighted by Crippen LogP contribution is 2.28. The summed E-state index contributed by atoms with van der Waals surface area (Å²) in [5, 5.41) is 3.37.